The fraction of sp³-hybridized carbons (Fsp3) is 0.476. The molecule has 1 aromatic carbocycles. The summed E-state index contributed by atoms with van der Waals surface area (Å²) in [6, 6.07) is 3.73. The molecule has 5 atom stereocenters. The Bertz CT molecular complexity index is 968. The van der Waals surface area contributed by atoms with Gasteiger partial charge in [0, 0.05) is 16.4 Å². The van der Waals surface area contributed by atoms with Crippen molar-refractivity contribution in [1.82, 2.24) is 10.2 Å². The highest BCUT2D eigenvalue weighted by molar-refractivity contribution is 5.85. The predicted molar refractivity (Wildman–Crippen MR) is 103 cm³/mol. The number of aliphatic hydroxyl groups is 4. The molecule has 1 aliphatic rings. The Morgan fingerprint density at radius 1 is 1.11 bits per heavy atom. The molecule has 1 saturated heterocycles. The van der Waals surface area contributed by atoms with Crippen molar-refractivity contribution >= 4 is 10.9 Å². The van der Waals surface area contributed by atoms with Crippen molar-refractivity contribution in [3.63, 3.8) is 0 Å². The molecular formula is C21H24N2O5. The van der Waals surface area contributed by atoms with Crippen molar-refractivity contribution in [3.8, 4) is 23.7 Å². The van der Waals surface area contributed by atoms with Crippen molar-refractivity contribution in [2.75, 3.05) is 6.61 Å². The van der Waals surface area contributed by atoms with Crippen LogP contribution in [0.3, 0.4) is 0 Å². The van der Waals surface area contributed by atoms with E-state index < -0.39 is 37.1 Å². The summed E-state index contributed by atoms with van der Waals surface area (Å²) in [4.78, 5) is 0. The van der Waals surface area contributed by atoms with Crippen molar-refractivity contribution in [2.45, 2.75) is 51.3 Å². The van der Waals surface area contributed by atoms with E-state index in [-0.39, 0.29) is 5.41 Å². The Morgan fingerprint density at radius 3 is 2.54 bits per heavy atom. The average molecular weight is 384 g/mol. The quantitative estimate of drug-likeness (QED) is 0.447. The molecule has 7 nitrogen and oxygen atoms in total. The molecule has 28 heavy (non-hydrogen) atoms. The molecule has 7 heteroatoms. The van der Waals surface area contributed by atoms with E-state index in [1.165, 1.54) is 0 Å². The van der Waals surface area contributed by atoms with Crippen molar-refractivity contribution in [2.24, 2.45) is 5.41 Å². The lowest BCUT2D eigenvalue weighted by molar-refractivity contribution is -0.214. The third-order valence-electron chi connectivity index (χ3n) is 4.37. The predicted octanol–water partition coefficient (Wildman–Crippen LogP) is 0.154. The smallest absolute Gasteiger partial charge is 0.147 e. The van der Waals surface area contributed by atoms with Gasteiger partial charge in [-0.15, -0.1) is 0 Å². The second-order valence-corrected chi connectivity index (χ2v) is 7.88. The van der Waals surface area contributed by atoms with Gasteiger partial charge in [-0.1, -0.05) is 23.7 Å². The largest absolute Gasteiger partial charge is 0.394 e. The third-order valence-corrected chi connectivity index (χ3v) is 4.37. The molecule has 0 radical (unpaired) electrons. The molecule has 0 saturated carbocycles. The van der Waals surface area contributed by atoms with Crippen LogP contribution in [-0.2, 0) is 4.74 Å². The number of aromatic nitrogens is 2. The first-order chi connectivity index (χ1) is 13.2. The maximum absolute atomic E-state index is 10.1. The molecule has 1 aliphatic heterocycles. The van der Waals surface area contributed by atoms with Gasteiger partial charge in [0.2, 0.25) is 0 Å². The lowest BCUT2D eigenvalue weighted by Crippen LogP contribution is -2.58. The molecule has 3 rings (SSSR count). The summed E-state index contributed by atoms with van der Waals surface area (Å²) >= 11 is 0. The van der Waals surface area contributed by atoms with Gasteiger partial charge in [-0.3, -0.25) is 5.10 Å². The molecule has 1 fully saturated rings. The number of nitrogens with zero attached hydrogens (tertiary/aromatic N) is 1. The van der Waals surface area contributed by atoms with Crippen LogP contribution < -0.4 is 0 Å². The average Bonchev–Trinajstić information content (AvgIpc) is 3.12. The minimum Gasteiger partial charge on any atom is -0.394 e. The lowest BCUT2D eigenvalue weighted by atomic mass is 9.95. The summed E-state index contributed by atoms with van der Waals surface area (Å²) in [6.45, 7) is 5.58. The van der Waals surface area contributed by atoms with Crippen LogP contribution in [0.4, 0.5) is 0 Å². The minimum absolute atomic E-state index is 0.145. The van der Waals surface area contributed by atoms with E-state index >= 15 is 0 Å². The van der Waals surface area contributed by atoms with Gasteiger partial charge in [0.15, 0.2) is 0 Å². The summed E-state index contributed by atoms with van der Waals surface area (Å²) in [5.74, 6) is 12.0. The number of H-pyrrole nitrogens is 1. The fourth-order valence-electron chi connectivity index (χ4n) is 2.86. The molecule has 0 aliphatic carbocycles. The van der Waals surface area contributed by atoms with E-state index in [2.05, 4.69) is 33.9 Å². The maximum atomic E-state index is 10.1. The van der Waals surface area contributed by atoms with Gasteiger partial charge in [0.1, 0.15) is 30.5 Å². The van der Waals surface area contributed by atoms with Crippen molar-refractivity contribution in [1.29, 1.82) is 0 Å². The number of hydrogen-bond donors (Lipinski definition) is 5. The number of rotatable bonds is 1. The van der Waals surface area contributed by atoms with Crippen LogP contribution in [0.15, 0.2) is 18.3 Å². The Morgan fingerprint density at radius 2 is 1.86 bits per heavy atom. The maximum Gasteiger partial charge on any atom is 0.147 e. The standard InChI is InChI=1S/C21H24N2O5/c1-21(2,3)7-6-12-8-13(17-14(9-12)10-22-23-17)4-5-15-18(25)20(27)19(26)16(11-24)28-15/h8-10,15-16,18-20,24-27H,11H2,1-3H3,(H,22,23)/t15?,16?,18?,19-,20?/m1/s1. The van der Waals surface area contributed by atoms with Crippen LogP contribution in [0, 0.1) is 29.1 Å². The number of ether oxygens (including phenoxy) is 1. The topological polar surface area (TPSA) is 119 Å². The van der Waals surface area contributed by atoms with Gasteiger partial charge >= 0.3 is 0 Å². The zero-order valence-electron chi connectivity index (χ0n) is 16.0. The molecule has 0 bridgehead atoms. The number of aromatic amines is 1. The van der Waals surface area contributed by atoms with Crippen molar-refractivity contribution < 1.29 is 25.2 Å². The zero-order chi connectivity index (χ0) is 20.5. The molecule has 2 aromatic rings. The second-order valence-electron chi connectivity index (χ2n) is 7.88. The molecular weight excluding hydrogens is 360 g/mol. The first-order valence-electron chi connectivity index (χ1n) is 9.02. The highest BCUT2D eigenvalue weighted by atomic mass is 16.5. The molecule has 4 unspecified atom stereocenters. The Hall–Kier alpha value is -2.39. The van der Waals surface area contributed by atoms with Crippen LogP contribution in [-0.4, -0.2) is 67.8 Å². The number of nitrogens with one attached hydrogen (secondary N) is 1. The number of benzene rings is 1. The second kappa shape index (κ2) is 7.92. The molecule has 5 N–H and O–H groups in total. The molecule has 0 amide bonds. The van der Waals surface area contributed by atoms with Crippen LogP contribution in [0.2, 0.25) is 0 Å². The first-order valence-corrected chi connectivity index (χ1v) is 9.02. The van der Waals surface area contributed by atoms with Crippen molar-refractivity contribution in [3.05, 3.63) is 29.5 Å². The summed E-state index contributed by atoms with van der Waals surface area (Å²) < 4.78 is 5.43. The van der Waals surface area contributed by atoms with Crippen LogP contribution in [0.1, 0.15) is 31.9 Å². The van der Waals surface area contributed by atoms with E-state index in [9.17, 15) is 20.4 Å². The van der Waals surface area contributed by atoms with Gasteiger partial charge in [0.25, 0.3) is 0 Å². The minimum atomic E-state index is -1.46. The molecule has 0 spiro atoms. The molecule has 148 valence electrons. The van der Waals surface area contributed by atoms with Gasteiger partial charge in [-0.2, -0.15) is 5.10 Å². The van der Waals surface area contributed by atoms with Gasteiger partial charge < -0.3 is 25.2 Å². The van der Waals surface area contributed by atoms with Crippen LogP contribution in [0.5, 0.6) is 0 Å². The summed E-state index contributed by atoms with van der Waals surface area (Å²) in [5.41, 5.74) is 1.97. The summed E-state index contributed by atoms with van der Waals surface area (Å²) in [6.07, 6.45) is -4.63. The normalized spacial score (nSPS) is 27.6. The third kappa shape index (κ3) is 4.36. The Balaban J connectivity index is 1.96. The fourth-order valence-corrected chi connectivity index (χ4v) is 2.86. The summed E-state index contributed by atoms with van der Waals surface area (Å²) in [5, 5.41) is 47.0. The Labute approximate surface area is 163 Å². The highest BCUT2D eigenvalue weighted by Crippen LogP contribution is 2.22. The van der Waals surface area contributed by atoms with E-state index in [0.29, 0.717) is 5.56 Å². The van der Waals surface area contributed by atoms with E-state index in [1.54, 1.807) is 6.20 Å². The Kier molecular flexibility index (Phi) is 5.76. The summed E-state index contributed by atoms with van der Waals surface area (Å²) in [7, 11) is 0. The molecule has 1 aromatic heterocycles. The highest BCUT2D eigenvalue weighted by Gasteiger charge is 2.42. The van der Waals surface area contributed by atoms with E-state index in [4.69, 9.17) is 4.74 Å². The monoisotopic (exact) mass is 384 g/mol. The first kappa shape index (κ1) is 20.3. The van der Waals surface area contributed by atoms with E-state index in [0.717, 1.165) is 16.5 Å². The number of fused-ring (bicyclic) bond motifs is 1. The van der Waals surface area contributed by atoms with E-state index in [1.807, 2.05) is 32.9 Å². The van der Waals surface area contributed by atoms with Gasteiger partial charge in [-0.05, 0) is 32.9 Å². The van der Waals surface area contributed by atoms with Crippen LogP contribution >= 0.6 is 0 Å². The van der Waals surface area contributed by atoms with Crippen LogP contribution in [0.25, 0.3) is 10.9 Å². The lowest BCUT2D eigenvalue weighted by Gasteiger charge is -2.37. The SMILES string of the molecule is CC(C)(C)C#Cc1cc(C#CC2OC(CO)[C@@H](O)C(O)C2O)c2[nH]ncc2c1. The zero-order valence-corrected chi connectivity index (χ0v) is 16.0. The van der Waals surface area contributed by atoms with Gasteiger partial charge in [0.05, 0.1) is 23.9 Å². The number of hydrogen-bond acceptors (Lipinski definition) is 6. The van der Waals surface area contributed by atoms with Gasteiger partial charge in [-0.25, -0.2) is 0 Å². The number of aliphatic hydroxyl groups excluding tert-OH is 4. The molecule has 2 heterocycles.